The fourth-order valence-electron chi connectivity index (χ4n) is 2.22. The summed E-state index contributed by atoms with van der Waals surface area (Å²) >= 11 is 0. The molecule has 0 saturated carbocycles. The Morgan fingerprint density at radius 2 is 2.45 bits per heavy atom. The second-order valence-corrected chi connectivity index (χ2v) is 4.80. The van der Waals surface area contributed by atoms with E-state index < -0.39 is 0 Å². The number of fused-ring (bicyclic) bond motifs is 1. The van der Waals surface area contributed by atoms with Crippen molar-refractivity contribution in [3.63, 3.8) is 0 Å². The maximum Gasteiger partial charge on any atom is 0.247 e. The number of aromatic nitrogens is 3. The molecule has 7 nitrogen and oxygen atoms in total. The molecule has 104 valence electrons. The number of ether oxygens (including phenoxy) is 1. The second kappa shape index (κ2) is 4.84. The van der Waals surface area contributed by atoms with Gasteiger partial charge in [-0.1, -0.05) is 0 Å². The molecule has 0 aliphatic carbocycles. The molecule has 2 aromatic rings. The van der Waals surface area contributed by atoms with Crippen LogP contribution in [0.25, 0.3) is 0 Å². The molecule has 1 atom stereocenters. The molecule has 1 amide bonds. The number of rotatable bonds is 3. The first-order chi connectivity index (χ1) is 9.60. The monoisotopic (exact) mass is 273 g/mol. The Hall–Kier alpha value is -2.57. The van der Waals surface area contributed by atoms with Gasteiger partial charge in [-0.15, -0.1) is 5.10 Å². The first-order valence-electron chi connectivity index (χ1n) is 6.35. The van der Waals surface area contributed by atoms with Crippen LogP contribution in [-0.2, 0) is 17.8 Å². The third-order valence-corrected chi connectivity index (χ3v) is 3.02. The highest BCUT2D eigenvalue weighted by Crippen LogP contribution is 2.30. The molecule has 0 bridgehead atoms. The summed E-state index contributed by atoms with van der Waals surface area (Å²) in [7, 11) is 0. The number of nitrogen functional groups attached to an aromatic ring is 1. The normalized spacial score (nSPS) is 16.6. The van der Waals surface area contributed by atoms with E-state index in [9.17, 15) is 4.79 Å². The zero-order valence-electron chi connectivity index (χ0n) is 11.0. The van der Waals surface area contributed by atoms with Crippen LogP contribution in [0.4, 0.5) is 11.5 Å². The van der Waals surface area contributed by atoms with E-state index in [1.54, 1.807) is 0 Å². The minimum atomic E-state index is -0.201. The summed E-state index contributed by atoms with van der Waals surface area (Å²) in [5.74, 6) is 0.978. The van der Waals surface area contributed by atoms with E-state index in [2.05, 4.69) is 15.5 Å². The van der Waals surface area contributed by atoms with E-state index >= 15 is 0 Å². The van der Waals surface area contributed by atoms with Crippen LogP contribution >= 0.6 is 0 Å². The quantitative estimate of drug-likeness (QED) is 0.863. The van der Waals surface area contributed by atoms with Gasteiger partial charge in [-0.25, -0.2) is 0 Å². The first kappa shape index (κ1) is 12.5. The van der Waals surface area contributed by atoms with Gasteiger partial charge in [0, 0.05) is 12.1 Å². The van der Waals surface area contributed by atoms with Crippen molar-refractivity contribution in [1.29, 1.82) is 0 Å². The fourth-order valence-corrected chi connectivity index (χ4v) is 2.22. The van der Waals surface area contributed by atoms with E-state index in [0.29, 0.717) is 5.82 Å². The Labute approximate surface area is 115 Å². The summed E-state index contributed by atoms with van der Waals surface area (Å²) in [6.45, 7) is 2.05. The maximum absolute atomic E-state index is 11.9. The molecule has 1 aromatic heterocycles. The number of nitrogens with zero attached hydrogens (tertiary/aromatic N) is 3. The van der Waals surface area contributed by atoms with Crippen LogP contribution in [0.15, 0.2) is 24.4 Å². The molecular formula is C13H15N5O2. The van der Waals surface area contributed by atoms with Crippen LogP contribution in [0.3, 0.4) is 0 Å². The van der Waals surface area contributed by atoms with Crippen molar-refractivity contribution in [2.75, 3.05) is 11.1 Å². The molecule has 1 aliphatic rings. The highest BCUT2D eigenvalue weighted by atomic mass is 16.5. The van der Waals surface area contributed by atoms with E-state index in [1.165, 1.54) is 11.0 Å². The highest BCUT2D eigenvalue weighted by molar-refractivity contribution is 5.90. The standard InChI is InChI=1S/C13H15N5O2/c1-8-4-9-5-10(2-3-11(9)20-8)16-13(19)7-18-15-6-12(14)17-18/h2-3,5-6,8H,4,7H2,1H3,(H2,14,17)(H,16,19). The number of benzene rings is 1. The first-order valence-corrected chi connectivity index (χ1v) is 6.35. The molecular weight excluding hydrogens is 258 g/mol. The third-order valence-electron chi connectivity index (χ3n) is 3.02. The summed E-state index contributed by atoms with van der Waals surface area (Å²) in [4.78, 5) is 13.1. The van der Waals surface area contributed by atoms with Crippen LogP contribution in [0.5, 0.6) is 5.75 Å². The minimum absolute atomic E-state index is 0.0290. The molecule has 1 aromatic carbocycles. The van der Waals surface area contributed by atoms with Gasteiger partial charge in [-0.3, -0.25) is 4.79 Å². The number of anilines is 2. The molecule has 3 N–H and O–H groups in total. The molecule has 0 saturated heterocycles. The Kier molecular flexibility index (Phi) is 3.02. The summed E-state index contributed by atoms with van der Waals surface area (Å²) in [6.07, 6.45) is 2.45. The van der Waals surface area contributed by atoms with Gasteiger partial charge in [0.2, 0.25) is 5.91 Å². The fraction of sp³-hybridized carbons (Fsp3) is 0.308. The number of hydrogen-bond acceptors (Lipinski definition) is 5. The van der Waals surface area contributed by atoms with Gasteiger partial charge in [-0.05, 0) is 30.7 Å². The van der Waals surface area contributed by atoms with E-state index in [-0.39, 0.29) is 18.6 Å². The number of carbonyl (C=O) groups excluding carboxylic acids is 1. The minimum Gasteiger partial charge on any atom is -0.490 e. The van der Waals surface area contributed by atoms with E-state index in [4.69, 9.17) is 10.5 Å². The number of carbonyl (C=O) groups is 1. The molecule has 20 heavy (non-hydrogen) atoms. The van der Waals surface area contributed by atoms with Crippen molar-refractivity contribution < 1.29 is 9.53 Å². The van der Waals surface area contributed by atoms with Gasteiger partial charge < -0.3 is 15.8 Å². The van der Waals surface area contributed by atoms with Gasteiger partial charge in [0.1, 0.15) is 18.4 Å². The van der Waals surface area contributed by atoms with Crippen molar-refractivity contribution in [1.82, 2.24) is 15.0 Å². The molecule has 2 heterocycles. The molecule has 0 spiro atoms. The van der Waals surface area contributed by atoms with Crippen LogP contribution < -0.4 is 15.8 Å². The van der Waals surface area contributed by atoms with E-state index in [0.717, 1.165) is 23.4 Å². The molecule has 0 radical (unpaired) electrons. The summed E-state index contributed by atoms with van der Waals surface area (Å²) in [5, 5.41) is 10.5. The smallest absolute Gasteiger partial charge is 0.247 e. The van der Waals surface area contributed by atoms with Crippen LogP contribution in [0.2, 0.25) is 0 Å². The average Bonchev–Trinajstić information content (AvgIpc) is 2.93. The van der Waals surface area contributed by atoms with Crippen molar-refractivity contribution in [3.05, 3.63) is 30.0 Å². The SMILES string of the molecule is CC1Cc2cc(NC(=O)Cn3ncc(N)n3)ccc2O1. The van der Waals surface area contributed by atoms with Crippen molar-refractivity contribution >= 4 is 17.4 Å². The Morgan fingerprint density at radius 1 is 1.60 bits per heavy atom. The van der Waals surface area contributed by atoms with Gasteiger partial charge in [0.05, 0.1) is 6.20 Å². The Balaban J connectivity index is 1.66. The van der Waals surface area contributed by atoms with Gasteiger partial charge in [0.15, 0.2) is 5.82 Å². The van der Waals surface area contributed by atoms with Crippen LogP contribution in [-0.4, -0.2) is 27.0 Å². The topological polar surface area (TPSA) is 95.1 Å². The zero-order chi connectivity index (χ0) is 14.1. The Bertz CT molecular complexity index is 652. The van der Waals surface area contributed by atoms with Gasteiger partial charge in [-0.2, -0.15) is 9.90 Å². The summed E-state index contributed by atoms with van der Waals surface area (Å²) in [5.41, 5.74) is 7.29. The maximum atomic E-state index is 11.9. The molecule has 7 heteroatoms. The highest BCUT2D eigenvalue weighted by Gasteiger charge is 2.19. The predicted octanol–water partition coefficient (Wildman–Crippen LogP) is 0.822. The number of nitrogens with two attached hydrogens (primary N) is 1. The zero-order valence-corrected chi connectivity index (χ0v) is 11.0. The third kappa shape index (κ3) is 2.56. The second-order valence-electron chi connectivity index (χ2n) is 4.80. The lowest BCUT2D eigenvalue weighted by molar-refractivity contribution is -0.117. The van der Waals surface area contributed by atoms with Crippen molar-refractivity contribution in [2.24, 2.45) is 0 Å². The number of amides is 1. The average molecular weight is 273 g/mol. The largest absolute Gasteiger partial charge is 0.490 e. The van der Waals surface area contributed by atoms with E-state index in [1.807, 2.05) is 25.1 Å². The number of nitrogens with one attached hydrogen (secondary N) is 1. The van der Waals surface area contributed by atoms with Crippen molar-refractivity contribution in [2.45, 2.75) is 26.0 Å². The molecule has 0 fully saturated rings. The lowest BCUT2D eigenvalue weighted by Gasteiger charge is -2.06. The number of hydrogen-bond donors (Lipinski definition) is 2. The summed E-state index contributed by atoms with van der Waals surface area (Å²) < 4.78 is 5.61. The van der Waals surface area contributed by atoms with Crippen molar-refractivity contribution in [3.8, 4) is 5.75 Å². The molecule has 3 rings (SSSR count). The Morgan fingerprint density at radius 3 is 3.20 bits per heavy atom. The van der Waals surface area contributed by atoms with Crippen LogP contribution in [0, 0.1) is 0 Å². The molecule has 1 aliphatic heterocycles. The van der Waals surface area contributed by atoms with Gasteiger partial charge in [0.25, 0.3) is 0 Å². The predicted molar refractivity (Wildman–Crippen MR) is 73.3 cm³/mol. The molecule has 1 unspecified atom stereocenters. The van der Waals surface area contributed by atoms with Gasteiger partial charge >= 0.3 is 0 Å². The van der Waals surface area contributed by atoms with Crippen LogP contribution in [0.1, 0.15) is 12.5 Å². The summed E-state index contributed by atoms with van der Waals surface area (Å²) in [6, 6.07) is 5.62. The lowest BCUT2D eigenvalue weighted by atomic mass is 10.1. The lowest BCUT2D eigenvalue weighted by Crippen LogP contribution is -2.20.